The lowest BCUT2D eigenvalue weighted by molar-refractivity contribution is -0.870. The van der Waals surface area contributed by atoms with Crippen LogP contribution in [0.25, 0.3) is 0 Å². The van der Waals surface area contributed by atoms with Crippen molar-refractivity contribution in [1.82, 2.24) is 0 Å². The second-order valence-corrected chi connectivity index (χ2v) is 16.4. The summed E-state index contributed by atoms with van der Waals surface area (Å²) in [5, 5.41) is 0. The summed E-state index contributed by atoms with van der Waals surface area (Å²) < 4.78 is 34.5. The van der Waals surface area contributed by atoms with Gasteiger partial charge in [-0.2, -0.15) is 0 Å². The number of hydrogen-bond donors (Lipinski definition) is 0. The van der Waals surface area contributed by atoms with Crippen molar-refractivity contribution in [3.05, 3.63) is 60.8 Å². The molecule has 0 N–H and O–H groups in total. The Labute approximate surface area is 326 Å². The number of esters is 1. The molecule has 0 aliphatic heterocycles. The smallest absolute Gasteiger partial charge is 0.306 e. The summed E-state index contributed by atoms with van der Waals surface area (Å²) in [6.07, 6.45) is 45.2. The van der Waals surface area contributed by atoms with Crippen molar-refractivity contribution in [1.29, 1.82) is 0 Å². The van der Waals surface area contributed by atoms with Crippen LogP contribution in [-0.4, -0.2) is 70.7 Å². The van der Waals surface area contributed by atoms with E-state index in [0.29, 0.717) is 24.1 Å². The summed E-state index contributed by atoms with van der Waals surface area (Å²) in [4.78, 5) is 25.0. The molecule has 0 rings (SSSR count). The Morgan fingerprint density at radius 2 is 1.09 bits per heavy atom. The highest BCUT2D eigenvalue weighted by molar-refractivity contribution is 7.45. The topological polar surface area (TPSA) is 94.1 Å². The Morgan fingerprint density at radius 3 is 1.60 bits per heavy atom. The van der Waals surface area contributed by atoms with E-state index in [1.165, 1.54) is 64.2 Å². The number of phosphoric acid groups is 1. The number of allylic oxidation sites excluding steroid dienone is 10. The molecule has 0 heterocycles. The summed E-state index contributed by atoms with van der Waals surface area (Å²) in [6, 6.07) is 0. The molecule has 0 radical (unpaired) electrons. The van der Waals surface area contributed by atoms with E-state index >= 15 is 0 Å². The van der Waals surface area contributed by atoms with Gasteiger partial charge in [-0.05, 0) is 57.8 Å². The predicted octanol–water partition coefficient (Wildman–Crippen LogP) is 11.5. The summed E-state index contributed by atoms with van der Waals surface area (Å²) in [6.45, 7) is 5.17. The summed E-state index contributed by atoms with van der Waals surface area (Å²) >= 11 is 0. The highest BCUT2D eigenvalue weighted by atomic mass is 31.2. The third-order valence-corrected chi connectivity index (χ3v) is 9.55. The maximum Gasteiger partial charge on any atom is 0.306 e. The van der Waals surface area contributed by atoms with Gasteiger partial charge in [0.1, 0.15) is 19.3 Å². The zero-order valence-electron chi connectivity index (χ0n) is 34.7. The fourth-order valence-corrected chi connectivity index (χ4v) is 6.06. The maximum atomic E-state index is 12.6. The van der Waals surface area contributed by atoms with Gasteiger partial charge in [0.2, 0.25) is 0 Å². The molecule has 8 nitrogen and oxygen atoms in total. The van der Waals surface area contributed by atoms with Crippen LogP contribution in [0.4, 0.5) is 0 Å². The lowest BCUT2D eigenvalue weighted by atomic mass is 10.0. The van der Waals surface area contributed by atoms with Gasteiger partial charge in [-0.1, -0.05) is 152 Å². The third-order valence-electron chi connectivity index (χ3n) is 8.58. The minimum Gasteiger partial charge on any atom is -0.756 e. The standard InChI is InChI=1S/C44H80NO7P/c1-6-8-10-12-14-16-18-20-21-22-23-24-26-28-30-32-34-36-39-49-41-43(42-51-53(47,48)50-40-38-45(3,4)5)52-44(46)37-35-33-31-29-27-25-19-17-15-13-11-9-7-2/h8,10,14,16,20-21,23-24,28,30,43H,6-7,9,11-13,15,17-19,22,25-27,29,31-42H2,1-5H3/b10-8-,16-14-,21-20-,24-23-,30-28-. The SMILES string of the molecule is CC/C=C\C/C=C\C/C=C\C/C=C\C/C=C\CCCCOCC(COP(=O)([O-])OCC[N+](C)(C)C)OC(=O)CCCCCCCCCCCCCCC. The third kappa shape index (κ3) is 41.2. The number of nitrogens with zero attached hydrogens (tertiary/aromatic N) is 1. The fourth-order valence-electron chi connectivity index (χ4n) is 5.34. The van der Waals surface area contributed by atoms with Crippen molar-refractivity contribution in [2.24, 2.45) is 0 Å². The molecule has 0 fully saturated rings. The number of hydrogen-bond acceptors (Lipinski definition) is 7. The monoisotopic (exact) mass is 766 g/mol. The highest BCUT2D eigenvalue weighted by Crippen LogP contribution is 2.38. The van der Waals surface area contributed by atoms with Gasteiger partial charge >= 0.3 is 5.97 Å². The number of unbranched alkanes of at least 4 members (excludes halogenated alkanes) is 14. The Hall–Kier alpha value is -1.80. The van der Waals surface area contributed by atoms with Gasteiger partial charge in [-0.3, -0.25) is 9.36 Å². The van der Waals surface area contributed by atoms with Crippen molar-refractivity contribution in [3.63, 3.8) is 0 Å². The van der Waals surface area contributed by atoms with Gasteiger partial charge in [-0.15, -0.1) is 0 Å². The fraction of sp³-hybridized carbons (Fsp3) is 0.750. The zero-order valence-corrected chi connectivity index (χ0v) is 35.6. The zero-order chi connectivity index (χ0) is 39.1. The Balaban J connectivity index is 4.35. The van der Waals surface area contributed by atoms with E-state index in [4.69, 9.17) is 18.5 Å². The summed E-state index contributed by atoms with van der Waals surface area (Å²) in [5.41, 5.74) is 0. The average Bonchev–Trinajstić information content (AvgIpc) is 3.11. The second kappa shape index (κ2) is 37.1. The number of carbonyl (C=O) groups excluding carboxylic acids is 1. The van der Waals surface area contributed by atoms with Gasteiger partial charge in [0.25, 0.3) is 7.82 Å². The first-order valence-electron chi connectivity index (χ1n) is 21.0. The molecule has 0 aliphatic rings. The number of phosphoric ester groups is 1. The first kappa shape index (κ1) is 51.2. The molecule has 0 saturated heterocycles. The number of carbonyl (C=O) groups is 1. The van der Waals surface area contributed by atoms with Crippen LogP contribution in [-0.2, 0) is 27.9 Å². The minimum atomic E-state index is -4.53. The van der Waals surface area contributed by atoms with Crippen molar-refractivity contribution >= 4 is 13.8 Å². The number of likely N-dealkylation sites (N-methyl/N-ethyl adjacent to an activating group) is 1. The molecule has 0 spiro atoms. The van der Waals surface area contributed by atoms with Crippen LogP contribution in [0.2, 0.25) is 0 Å². The number of quaternary nitrogens is 1. The van der Waals surface area contributed by atoms with Gasteiger partial charge in [0.15, 0.2) is 0 Å². The van der Waals surface area contributed by atoms with E-state index < -0.39 is 13.9 Å². The van der Waals surface area contributed by atoms with Crippen LogP contribution in [0.1, 0.15) is 155 Å². The van der Waals surface area contributed by atoms with E-state index in [-0.39, 0.29) is 25.8 Å². The predicted molar refractivity (Wildman–Crippen MR) is 222 cm³/mol. The van der Waals surface area contributed by atoms with E-state index in [1.54, 1.807) is 0 Å². The molecular weight excluding hydrogens is 685 g/mol. The van der Waals surface area contributed by atoms with Gasteiger partial charge in [0.05, 0.1) is 34.4 Å². The Bertz CT molecular complexity index is 1030. The molecule has 0 bridgehead atoms. The van der Waals surface area contributed by atoms with Crippen LogP contribution >= 0.6 is 7.82 Å². The van der Waals surface area contributed by atoms with Crippen LogP contribution in [0.5, 0.6) is 0 Å². The van der Waals surface area contributed by atoms with E-state index in [2.05, 4.69) is 74.6 Å². The summed E-state index contributed by atoms with van der Waals surface area (Å²) in [5.74, 6) is -0.352. The Kier molecular flexibility index (Phi) is 35.9. The van der Waals surface area contributed by atoms with Crippen LogP contribution in [0, 0.1) is 0 Å². The lowest BCUT2D eigenvalue weighted by Crippen LogP contribution is -2.37. The van der Waals surface area contributed by atoms with E-state index in [0.717, 1.165) is 70.6 Å². The molecule has 0 aromatic heterocycles. The largest absolute Gasteiger partial charge is 0.756 e. The second-order valence-electron chi connectivity index (χ2n) is 15.0. The van der Waals surface area contributed by atoms with E-state index in [9.17, 15) is 14.3 Å². The first-order chi connectivity index (χ1) is 25.6. The van der Waals surface area contributed by atoms with Crippen molar-refractivity contribution in [3.8, 4) is 0 Å². The molecule has 0 aliphatic carbocycles. The average molecular weight is 766 g/mol. The molecule has 0 amide bonds. The summed E-state index contributed by atoms with van der Waals surface area (Å²) in [7, 11) is 1.32. The van der Waals surface area contributed by atoms with Crippen molar-refractivity contribution in [2.45, 2.75) is 161 Å². The normalized spacial score (nSPS) is 14.5. The Morgan fingerprint density at radius 1 is 0.604 bits per heavy atom. The maximum absolute atomic E-state index is 12.6. The molecular formula is C44H80NO7P. The number of rotatable bonds is 38. The number of ether oxygens (including phenoxy) is 2. The van der Waals surface area contributed by atoms with Crippen LogP contribution in [0.15, 0.2) is 60.8 Å². The molecule has 2 unspecified atom stereocenters. The molecule has 308 valence electrons. The van der Waals surface area contributed by atoms with Gasteiger partial charge in [-0.25, -0.2) is 0 Å². The van der Waals surface area contributed by atoms with Crippen molar-refractivity contribution < 1.29 is 37.3 Å². The molecule has 0 saturated carbocycles. The minimum absolute atomic E-state index is 0.0160. The molecule has 2 atom stereocenters. The van der Waals surface area contributed by atoms with Crippen LogP contribution in [0.3, 0.4) is 0 Å². The molecule has 9 heteroatoms. The van der Waals surface area contributed by atoms with Gasteiger partial charge in [0, 0.05) is 13.0 Å². The highest BCUT2D eigenvalue weighted by Gasteiger charge is 2.20. The van der Waals surface area contributed by atoms with Crippen LogP contribution < -0.4 is 4.89 Å². The quantitative estimate of drug-likeness (QED) is 0.0203. The molecule has 53 heavy (non-hydrogen) atoms. The molecule has 0 aromatic rings. The van der Waals surface area contributed by atoms with Crippen molar-refractivity contribution in [2.75, 3.05) is 54.1 Å². The van der Waals surface area contributed by atoms with E-state index in [1.807, 2.05) is 21.1 Å². The molecule has 0 aromatic carbocycles. The van der Waals surface area contributed by atoms with Gasteiger partial charge < -0.3 is 27.9 Å². The lowest BCUT2D eigenvalue weighted by Gasteiger charge is -2.28. The first-order valence-corrected chi connectivity index (χ1v) is 22.5.